The number of nitriles is 1. The number of non-ortho nitro benzene ring substituents is 1. The van der Waals surface area contributed by atoms with E-state index in [1.54, 1.807) is 0 Å². The zero-order valence-corrected chi connectivity index (χ0v) is 26.2. The molecule has 0 bridgehead atoms. The van der Waals surface area contributed by atoms with Gasteiger partial charge in [0.05, 0.1) is 33.8 Å². The maximum absolute atomic E-state index is 12.7. The third-order valence-corrected chi connectivity index (χ3v) is 10.1. The monoisotopic (exact) mass is 708 g/mol. The smallest absolute Gasteiger partial charge is 0.269 e. The number of nitrogens with one attached hydrogen (secondary N) is 1. The Labute approximate surface area is 258 Å². The van der Waals surface area contributed by atoms with Gasteiger partial charge in [-0.3, -0.25) is 14.9 Å². The molecule has 224 valence electrons. The van der Waals surface area contributed by atoms with Gasteiger partial charge in [0.2, 0.25) is 15.9 Å². The Morgan fingerprint density at radius 3 is 2.55 bits per heavy atom. The van der Waals surface area contributed by atoms with Crippen molar-refractivity contribution in [2.75, 3.05) is 42.1 Å². The Morgan fingerprint density at radius 2 is 1.98 bits per heavy atom. The van der Waals surface area contributed by atoms with E-state index in [9.17, 15) is 28.6 Å². The van der Waals surface area contributed by atoms with Gasteiger partial charge < -0.3 is 14.5 Å². The first-order chi connectivity index (χ1) is 20.1. The van der Waals surface area contributed by atoms with Crippen LogP contribution in [0.25, 0.3) is 0 Å². The first-order valence-electron chi connectivity index (χ1n) is 14.0. The molecule has 2 atom stereocenters. The highest BCUT2D eigenvalue weighted by atomic mass is 127. The van der Waals surface area contributed by atoms with E-state index < -0.39 is 14.9 Å². The molecule has 3 aliphatic rings. The number of hydrogen-bond donors (Lipinski definition) is 1. The third kappa shape index (κ3) is 6.85. The summed E-state index contributed by atoms with van der Waals surface area (Å²) in [7, 11) is -3.87. The highest BCUT2D eigenvalue weighted by Crippen LogP contribution is 2.44. The van der Waals surface area contributed by atoms with Crippen molar-refractivity contribution in [3.05, 3.63) is 57.3 Å². The molecule has 2 saturated carbocycles. The number of pyridine rings is 1. The first kappa shape index (κ1) is 30.6. The van der Waals surface area contributed by atoms with Crippen molar-refractivity contribution in [2.45, 2.75) is 55.6 Å². The molecule has 2 heterocycles. The summed E-state index contributed by atoms with van der Waals surface area (Å²) in [5, 5.41) is 20.9. The van der Waals surface area contributed by atoms with Crippen LogP contribution in [0.5, 0.6) is 0 Å². The van der Waals surface area contributed by atoms with Crippen LogP contribution in [0.4, 0.5) is 11.5 Å². The number of hydrogen-bond acceptors (Lipinski definition) is 9. The molecule has 1 aliphatic heterocycles. The van der Waals surface area contributed by atoms with E-state index in [1.807, 2.05) is 17.9 Å². The van der Waals surface area contributed by atoms with Crippen LogP contribution in [0.15, 0.2) is 35.2 Å². The molecule has 1 aromatic heterocycles. The number of aromatic nitrogens is 1. The van der Waals surface area contributed by atoms with Gasteiger partial charge in [0, 0.05) is 66.2 Å². The summed E-state index contributed by atoms with van der Waals surface area (Å²) in [5.74, 6) is 1.35. The minimum Gasteiger partial charge on any atom is -0.371 e. The minimum absolute atomic E-state index is 0.00356. The number of carbonyl (C=O) groups excluding carboxylic acids is 1. The van der Waals surface area contributed by atoms with Gasteiger partial charge >= 0.3 is 0 Å². The summed E-state index contributed by atoms with van der Waals surface area (Å²) in [6.45, 7) is 3.98. The van der Waals surface area contributed by atoms with Crippen LogP contribution in [0.3, 0.4) is 0 Å². The summed E-state index contributed by atoms with van der Waals surface area (Å²) < 4.78 is 34.4. The minimum atomic E-state index is -3.87. The maximum atomic E-state index is 12.7. The second-order valence-corrected chi connectivity index (χ2v) is 13.6. The van der Waals surface area contributed by atoms with Crippen LogP contribution in [-0.4, -0.2) is 72.4 Å². The van der Waals surface area contributed by atoms with Crippen molar-refractivity contribution in [1.82, 2.24) is 14.6 Å². The number of piperazine rings is 1. The van der Waals surface area contributed by atoms with Gasteiger partial charge in [0.15, 0.2) is 0 Å². The molecule has 1 unspecified atom stereocenters. The van der Waals surface area contributed by atoms with Gasteiger partial charge in [-0.25, -0.2) is 18.1 Å². The third-order valence-electron chi connectivity index (χ3n) is 7.84. The lowest BCUT2D eigenvalue weighted by Crippen LogP contribution is -2.55. The normalized spacial score (nSPS) is 19.8. The lowest BCUT2D eigenvalue weighted by molar-refractivity contribution is -0.384. The van der Waals surface area contributed by atoms with Crippen molar-refractivity contribution in [2.24, 2.45) is 5.92 Å². The standard InChI is InChI=1S/C28H33IN6O6S/c1-18-17-33(11-12-34(18)28(36)20-4-5-20)27-21(16-30)14-24(26(32-27)19-2-3-19)25(15-29)41-13-10-31-42(39,40)23-8-6-22(7-9-23)35(37)38/h6-9,14,18-20,25,31H,2-5,10-13,15,17H2,1H3/t18-,25?/m1/s1. The predicted octanol–water partition coefficient (Wildman–Crippen LogP) is 3.66. The van der Waals surface area contributed by atoms with Gasteiger partial charge in [0.25, 0.3) is 5.69 Å². The number of rotatable bonds is 12. The molecule has 14 heteroatoms. The lowest BCUT2D eigenvalue weighted by Gasteiger charge is -2.41. The van der Waals surface area contributed by atoms with Gasteiger partial charge in [-0.05, 0) is 50.8 Å². The second-order valence-electron chi connectivity index (χ2n) is 11.0. The predicted molar refractivity (Wildman–Crippen MR) is 163 cm³/mol. The Morgan fingerprint density at radius 1 is 1.26 bits per heavy atom. The van der Waals surface area contributed by atoms with Crippen LogP contribution < -0.4 is 9.62 Å². The van der Waals surface area contributed by atoms with Gasteiger partial charge in [-0.15, -0.1) is 0 Å². The SMILES string of the molecule is C[C@@H]1CN(c2nc(C3CC3)c(C(CI)OCCNS(=O)(=O)c3ccc([N+](=O)[O-])cc3)cc2C#N)CCN1C(=O)C1CC1. The van der Waals surface area contributed by atoms with Crippen LogP contribution in [0, 0.1) is 27.4 Å². The molecule has 12 nitrogen and oxygen atoms in total. The lowest BCUT2D eigenvalue weighted by atomic mass is 10.0. The Bertz CT molecular complexity index is 1490. The fraction of sp³-hybridized carbons (Fsp3) is 0.536. The van der Waals surface area contributed by atoms with E-state index in [-0.39, 0.29) is 53.6 Å². The average Bonchev–Trinajstić information content (AvgIpc) is 3.90. The molecule has 0 radical (unpaired) electrons. The summed E-state index contributed by atoms with van der Waals surface area (Å²) in [6, 6.07) is 8.90. The van der Waals surface area contributed by atoms with Crippen LogP contribution in [-0.2, 0) is 19.6 Å². The largest absolute Gasteiger partial charge is 0.371 e. The van der Waals surface area contributed by atoms with Crippen molar-refractivity contribution >= 4 is 50.0 Å². The van der Waals surface area contributed by atoms with Crippen molar-refractivity contribution < 1.29 is 22.9 Å². The number of nitro groups is 1. The molecule has 3 fully saturated rings. The highest BCUT2D eigenvalue weighted by molar-refractivity contribution is 14.1. The molecule has 0 spiro atoms. The van der Waals surface area contributed by atoms with E-state index in [4.69, 9.17) is 9.72 Å². The van der Waals surface area contributed by atoms with E-state index >= 15 is 0 Å². The Kier molecular flexibility index (Phi) is 9.31. The number of nitro benzene ring substituents is 1. The Hall–Kier alpha value is -2.87. The summed E-state index contributed by atoms with van der Waals surface area (Å²) in [5.41, 5.74) is 2.04. The van der Waals surface area contributed by atoms with E-state index in [1.165, 1.54) is 12.1 Å². The molecule has 2 aliphatic carbocycles. The second kappa shape index (κ2) is 12.8. The molecule has 1 saturated heterocycles. The molecule has 1 aromatic carbocycles. The number of carbonyl (C=O) groups is 1. The van der Waals surface area contributed by atoms with E-state index in [2.05, 4.69) is 38.3 Å². The molecule has 2 aromatic rings. The quantitative estimate of drug-likeness (QED) is 0.114. The van der Waals surface area contributed by atoms with Crippen LogP contribution in [0.2, 0.25) is 0 Å². The molecule has 5 rings (SSSR count). The molecule has 42 heavy (non-hydrogen) atoms. The fourth-order valence-corrected chi connectivity index (χ4v) is 7.01. The molecule has 1 amide bonds. The number of anilines is 1. The number of sulfonamides is 1. The van der Waals surface area contributed by atoms with Gasteiger partial charge in [-0.2, -0.15) is 5.26 Å². The number of halogens is 1. The summed E-state index contributed by atoms with van der Waals surface area (Å²) in [4.78, 5) is 32.0. The zero-order chi connectivity index (χ0) is 30.0. The van der Waals surface area contributed by atoms with Crippen LogP contribution >= 0.6 is 22.6 Å². The Balaban J connectivity index is 1.26. The van der Waals surface area contributed by atoms with E-state index in [0.717, 1.165) is 49.1 Å². The summed E-state index contributed by atoms with van der Waals surface area (Å²) in [6.07, 6.45) is 3.59. The van der Waals surface area contributed by atoms with Crippen molar-refractivity contribution in [3.8, 4) is 6.07 Å². The van der Waals surface area contributed by atoms with Crippen LogP contribution in [0.1, 0.15) is 61.4 Å². The number of ether oxygens (including phenoxy) is 1. The first-order valence-corrected chi connectivity index (χ1v) is 17.1. The number of amides is 1. The highest BCUT2D eigenvalue weighted by Gasteiger charge is 2.38. The van der Waals surface area contributed by atoms with Gasteiger partial charge in [-0.1, -0.05) is 22.6 Å². The molecule has 1 N–H and O–H groups in total. The topological polar surface area (TPSA) is 159 Å². The number of nitrogens with zero attached hydrogens (tertiary/aromatic N) is 5. The van der Waals surface area contributed by atoms with Crippen molar-refractivity contribution in [3.63, 3.8) is 0 Å². The fourth-order valence-electron chi connectivity index (χ4n) is 5.27. The van der Waals surface area contributed by atoms with E-state index in [0.29, 0.717) is 35.4 Å². The maximum Gasteiger partial charge on any atom is 0.269 e. The summed E-state index contributed by atoms with van der Waals surface area (Å²) >= 11 is 2.22. The molecular weight excluding hydrogens is 675 g/mol. The number of benzene rings is 1. The van der Waals surface area contributed by atoms with Gasteiger partial charge in [0.1, 0.15) is 11.9 Å². The number of alkyl halides is 1. The molecular formula is C28H33IN6O6S. The van der Waals surface area contributed by atoms with Crippen molar-refractivity contribution in [1.29, 1.82) is 5.26 Å². The average molecular weight is 709 g/mol. The zero-order valence-electron chi connectivity index (χ0n) is 23.2.